The first-order valence-corrected chi connectivity index (χ1v) is 10.6. The molecular weight excluding hydrogens is 399 g/mol. The zero-order valence-corrected chi connectivity index (χ0v) is 20.3. The molecule has 1 amide bonds. The van der Waals surface area contributed by atoms with Gasteiger partial charge < -0.3 is 34.2 Å². The quantitative estimate of drug-likeness (QED) is 0.479. The standard InChI is InChI=1S/C22H37BN2O6/c1-20(2,3)29-19(26)25-11-10-24-14-16-17(27-8)12-15(13-18(16)28-9)23-30-21(4,5)22(6,7)31-23/h12-13,24H,10-11,14H2,1-9H3,(H,25,26). The number of rotatable bonds is 8. The summed E-state index contributed by atoms with van der Waals surface area (Å²) in [5.41, 5.74) is 0.334. The number of hydrogen-bond donors (Lipinski definition) is 2. The number of ether oxygens (including phenoxy) is 3. The van der Waals surface area contributed by atoms with E-state index in [4.69, 9.17) is 23.5 Å². The van der Waals surface area contributed by atoms with Crippen molar-refractivity contribution in [1.82, 2.24) is 10.6 Å². The van der Waals surface area contributed by atoms with Gasteiger partial charge in [-0.05, 0) is 66.1 Å². The summed E-state index contributed by atoms with van der Waals surface area (Å²) in [7, 11) is 2.74. The smallest absolute Gasteiger partial charge is 0.495 e. The molecule has 174 valence electrons. The van der Waals surface area contributed by atoms with Crippen LogP contribution in [0.25, 0.3) is 0 Å². The van der Waals surface area contributed by atoms with E-state index < -0.39 is 30.0 Å². The average molecular weight is 436 g/mol. The second-order valence-electron chi connectivity index (χ2n) is 9.60. The Morgan fingerprint density at radius 3 is 1.97 bits per heavy atom. The van der Waals surface area contributed by atoms with Gasteiger partial charge in [0.1, 0.15) is 17.1 Å². The van der Waals surface area contributed by atoms with E-state index in [1.54, 1.807) is 14.2 Å². The summed E-state index contributed by atoms with van der Waals surface area (Å²) >= 11 is 0. The van der Waals surface area contributed by atoms with Gasteiger partial charge in [0.15, 0.2) is 0 Å². The molecule has 9 heteroatoms. The van der Waals surface area contributed by atoms with Crippen LogP contribution < -0.4 is 25.6 Å². The molecule has 1 aliphatic rings. The fourth-order valence-corrected chi connectivity index (χ4v) is 3.07. The minimum Gasteiger partial charge on any atom is -0.496 e. The maximum Gasteiger partial charge on any atom is 0.495 e. The molecule has 0 spiro atoms. The molecule has 0 aromatic heterocycles. The van der Waals surface area contributed by atoms with Crippen molar-refractivity contribution in [3.05, 3.63) is 17.7 Å². The predicted octanol–water partition coefficient (Wildman–Crippen LogP) is 2.62. The molecule has 1 fully saturated rings. The SMILES string of the molecule is COc1cc(B2OC(C)(C)C(C)(C)O2)cc(OC)c1CNCCNC(=O)OC(C)(C)C. The molecule has 0 radical (unpaired) electrons. The second-order valence-corrected chi connectivity index (χ2v) is 9.60. The van der Waals surface area contributed by atoms with Crippen LogP contribution in [0.1, 0.15) is 54.0 Å². The highest BCUT2D eigenvalue weighted by molar-refractivity contribution is 6.62. The van der Waals surface area contributed by atoms with Crippen molar-refractivity contribution >= 4 is 18.7 Å². The van der Waals surface area contributed by atoms with Crippen LogP contribution in [0, 0.1) is 0 Å². The number of nitrogens with one attached hydrogen (secondary N) is 2. The molecule has 31 heavy (non-hydrogen) atoms. The van der Waals surface area contributed by atoms with Gasteiger partial charge in [0.25, 0.3) is 0 Å². The minimum absolute atomic E-state index is 0.431. The summed E-state index contributed by atoms with van der Waals surface area (Å²) < 4.78 is 28.8. The predicted molar refractivity (Wildman–Crippen MR) is 121 cm³/mol. The lowest BCUT2D eigenvalue weighted by Gasteiger charge is -2.32. The van der Waals surface area contributed by atoms with Crippen LogP contribution in [0.15, 0.2) is 12.1 Å². The molecule has 1 aromatic carbocycles. The Morgan fingerprint density at radius 1 is 1.00 bits per heavy atom. The van der Waals surface area contributed by atoms with Gasteiger partial charge >= 0.3 is 13.2 Å². The highest BCUT2D eigenvalue weighted by atomic mass is 16.7. The molecule has 0 bridgehead atoms. The zero-order valence-electron chi connectivity index (χ0n) is 20.3. The lowest BCUT2D eigenvalue weighted by atomic mass is 9.78. The summed E-state index contributed by atoms with van der Waals surface area (Å²) in [6.45, 7) is 15.1. The van der Waals surface area contributed by atoms with Gasteiger partial charge in [-0.1, -0.05) is 0 Å². The first-order chi connectivity index (χ1) is 14.3. The first-order valence-electron chi connectivity index (χ1n) is 10.6. The highest BCUT2D eigenvalue weighted by Gasteiger charge is 2.52. The van der Waals surface area contributed by atoms with Gasteiger partial charge in [-0.25, -0.2) is 4.79 Å². The summed E-state index contributed by atoms with van der Waals surface area (Å²) in [4.78, 5) is 11.7. The normalized spacial score (nSPS) is 17.4. The molecule has 8 nitrogen and oxygen atoms in total. The van der Waals surface area contributed by atoms with E-state index >= 15 is 0 Å². The molecule has 0 aliphatic carbocycles. The van der Waals surface area contributed by atoms with Gasteiger partial charge in [0.2, 0.25) is 0 Å². The van der Waals surface area contributed by atoms with Crippen LogP contribution in [0.5, 0.6) is 11.5 Å². The van der Waals surface area contributed by atoms with Gasteiger partial charge in [0, 0.05) is 25.2 Å². The maximum absolute atomic E-state index is 11.7. The third-order valence-electron chi connectivity index (χ3n) is 5.43. The number of amides is 1. The Morgan fingerprint density at radius 2 is 1.52 bits per heavy atom. The van der Waals surface area contributed by atoms with Gasteiger partial charge in [-0.2, -0.15) is 0 Å². The lowest BCUT2D eigenvalue weighted by Crippen LogP contribution is -2.41. The number of hydrogen-bond acceptors (Lipinski definition) is 7. The Balaban J connectivity index is 2.02. The third kappa shape index (κ3) is 6.51. The maximum atomic E-state index is 11.7. The fourth-order valence-electron chi connectivity index (χ4n) is 3.07. The van der Waals surface area contributed by atoms with Crippen molar-refractivity contribution in [2.24, 2.45) is 0 Å². The van der Waals surface area contributed by atoms with Crippen LogP contribution in [0.2, 0.25) is 0 Å². The van der Waals surface area contributed by atoms with E-state index in [1.165, 1.54) is 0 Å². The van der Waals surface area contributed by atoms with Crippen molar-refractivity contribution in [1.29, 1.82) is 0 Å². The number of benzene rings is 1. The molecule has 2 rings (SSSR count). The summed E-state index contributed by atoms with van der Waals surface area (Å²) in [6, 6.07) is 3.83. The number of carbonyl (C=O) groups is 1. The van der Waals surface area contributed by atoms with Gasteiger partial charge in [-0.3, -0.25) is 0 Å². The zero-order chi connectivity index (χ0) is 23.4. The van der Waals surface area contributed by atoms with Crippen LogP contribution in [0.4, 0.5) is 4.79 Å². The van der Waals surface area contributed by atoms with Crippen LogP contribution in [-0.4, -0.2) is 57.3 Å². The topological polar surface area (TPSA) is 87.3 Å². The van der Waals surface area contributed by atoms with Gasteiger partial charge in [-0.15, -0.1) is 0 Å². The number of methoxy groups -OCH3 is 2. The molecular formula is C22H37BN2O6. The Kier molecular flexibility index (Phi) is 7.89. The Labute approximate surface area is 186 Å². The highest BCUT2D eigenvalue weighted by Crippen LogP contribution is 2.37. The molecule has 1 heterocycles. The summed E-state index contributed by atoms with van der Waals surface area (Å²) in [5.74, 6) is 1.35. The Hall–Kier alpha value is -1.97. The molecule has 0 unspecified atom stereocenters. The first kappa shape index (κ1) is 25.3. The van der Waals surface area contributed by atoms with Crippen molar-refractivity contribution in [2.45, 2.75) is 71.8 Å². The molecule has 1 aliphatic heterocycles. The van der Waals surface area contributed by atoms with E-state index in [0.29, 0.717) is 31.1 Å². The molecule has 2 N–H and O–H groups in total. The molecule has 1 aromatic rings. The number of alkyl carbamates (subject to hydrolysis) is 1. The van der Waals surface area contributed by atoms with Gasteiger partial charge in [0.05, 0.1) is 25.4 Å². The largest absolute Gasteiger partial charge is 0.496 e. The minimum atomic E-state index is -0.517. The van der Waals surface area contributed by atoms with E-state index in [0.717, 1.165) is 11.0 Å². The van der Waals surface area contributed by atoms with Crippen LogP contribution in [-0.2, 0) is 20.6 Å². The molecule has 0 saturated carbocycles. The monoisotopic (exact) mass is 436 g/mol. The van der Waals surface area contributed by atoms with Crippen molar-refractivity contribution in [3.8, 4) is 11.5 Å². The van der Waals surface area contributed by atoms with Crippen molar-refractivity contribution in [2.75, 3.05) is 27.3 Å². The van der Waals surface area contributed by atoms with E-state index in [-0.39, 0.29) is 0 Å². The second kappa shape index (κ2) is 9.67. The molecule has 1 saturated heterocycles. The lowest BCUT2D eigenvalue weighted by molar-refractivity contribution is 0.00578. The summed E-state index contributed by atoms with van der Waals surface area (Å²) in [5, 5.41) is 6.02. The van der Waals surface area contributed by atoms with Crippen LogP contribution in [0.3, 0.4) is 0 Å². The van der Waals surface area contributed by atoms with E-state index in [1.807, 2.05) is 60.6 Å². The fraction of sp³-hybridized carbons (Fsp3) is 0.682. The van der Waals surface area contributed by atoms with E-state index in [9.17, 15) is 4.79 Å². The molecule has 0 atom stereocenters. The average Bonchev–Trinajstić information content (AvgIpc) is 2.87. The Bertz CT molecular complexity index is 735. The number of carbonyl (C=O) groups excluding carboxylic acids is 1. The van der Waals surface area contributed by atoms with Crippen molar-refractivity contribution in [3.63, 3.8) is 0 Å². The summed E-state index contributed by atoms with van der Waals surface area (Å²) in [6.07, 6.45) is -0.434. The van der Waals surface area contributed by atoms with Crippen molar-refractivity contribution < 1.29 is 28.3 Å². The third-order valence-corrected chi connectivity index (χ3v) is 5.43. The van der Waals surface area contributed by atoms with E-state index in [2.05, 4.69) is 10.6 Å². The van der Waals surface area contributed by atoms with Crippen LogP contribution >= 0.6 is 0 Å².